The quantitative estimate of drug-likeness (QED) is 0.131. The summed E-state index contributed by atoms with van der Waals surface area (Å²) in [6, 6.07) is 81.1. The van der Waals surface area contributed by atoms with E-state index in [1.54, 1.807) is 0 Å². The lowest BCUT2D eigenvalue weighted by molar-refractivity contribution is 0.453. The van der Waals surface area contributed by atoms with Crippen molar-refractivity contribution in [2.45, 2.75) is 73.1 Å². The molecule has 2 heterocycles. The number of thiophene rings is 1. The highest BCUT2D eigenvalue weighted by molar-refractivity contribution is 7.99. The molecule has 0 bridgehead atoms. The Balaban J connectivity index is 1.10. The summed E-state index contributed by atoms with van der Waals surface area (Å²) in [5, 5.41) is 2.67. The van der Waals surface area contributed by atoms with E-state index in [0.717, 1.165) is 12.8 Å². The van der Waals surface area contributed by atoms with Gasteiger partial charge in [-0.25, -0.2) is 0 Å². The SMILES string of the molecule is CCC(C)C(N=C(c1cccc2c1-c1ccccc1C21c2ccccc2C2(c3ccccc3Sc3ccccc32)c2ccccc21)C(CC)C(C)c1ccccc1)c1ccc2c(c1)sc1ccccc12. The fourth-order valence-corrected chi connectivity index (χ4v) is 15.6. The molecule has 9 aromatic carbocycles. The highest BCUT2D eigenvalue weighted by atomic mass is 32.2. The monoisotopic (exact) mass is 937 g/mol. The predicted molar refractivity (Wildman–Crippen MR) is 296 cm³/mol. The number of nitrogens with zero attached hydrogens (tertiary/aromatic N) is 1. The van der Waals surface area contributed by atoms with Crippen LogP contribution in [0.2, 0.25) is 0 Å². The maximum Gasteiger partial charge on any atom is 0.0778 e. The predicted octanol–water partition coefficient (Wildman–Crippen LogP) is 18.0. The van der Waals surface area contributed by atoms with Crippen LogP contribution in [0.4, 0.5) is 0 Å². The summed E-state index contributed by atoms with van der Waals surface area (Å²) in [6.07, 6.45) is 1.98. The molecule has 10 aromatic rings. The van der Waals surface area contributed by atoms with Crippen LogP contribution in [0.15, 0.2) is 227 Å². The lowest BCUT2D eigenvalue weighted by Gasteiger charge is -2.51. The fourth-order valence-electron chi connectivity index (χ4n) is 13.2. The second-order valence-electron chi connectivity index (χ2n) is 19.9. The third kappa shape index (κ3) is 6.14. The molecule has 13 rings (SSSR count). The molecular weight excluding hydrogens is 883 g/mol. The minimum Gasteiger partial charge on any atom is -0.280 e. The Hall–Kier alpha value is -6.78. The third-order valence-corrected chi connectivity index (χ3v) is 18.8. The van der Waals surface area contributed by atoms with Crippen molar-refractivity contribution < 1.29 is 0 Å². The van der Waals surface area contributed by atoms with E-state index >= 15 is 0 Å². The van der Waals surface area contributed by atoms with Crippen LogP contribution in [-0.2, 0) is 10.8 Å². The summed E-state index contributed by atoms with van der Waals surface area (Å²) in [7, 11) is 0. The average molecular weight is 938 g/mol. The number of hydrogen-bond donors (Lipinski definition) is 0. The number of benzene rings is 9. The summed E-state index contributed by atoms with van der Waals surface area (Å²) in [5.41, 5.74) is 17.4. The highest BCUT2D eigenvalue weighted by Gasteiger charge is 2.58. The zero-order chi connectivity index (χ0) is 47.1. The molecule has 70 heavy (non-hydrogen) atoms. The minimum atomic E-state index is -0.588. The molecule has 3 aliphatic rings. The average Bonchev–Trinajstić information content (AvgIpc) is 3.95. The molecular formula is C67H55NS2. The van der Waals surface area contributed by atoms with Gasteiger partial charge in [-0.1, -0.05) is 234 Å². The summed E-state index contributed by atoms with van der Waals surface area (Å²) in [6.45, 7) is 9.56. The van der Waals surface area contributed by atoms with Crippen LogP contribution in [-0.4, -0.2) is 5.71 Å². The van der Waals surface area contributed by atoms with Crippen LogP contribution in [0.3, 0.4) is 0 Å². The molecule has 0 N–H and O–H groups in total. The maximum atomic E-state index is 6.28. The Kier molecular flexibility index (Phi) is 10.5. The standard InChI is InChI=1S/C67H55NS2/c1-5-42(3)64(45-39-40-48-47-25-11-19-36-59(47)69-62(48)41-45)68-65(46(6-2)43(4)44-23-8-7-9-24-44)50-27-22-35-58-63(50)49-26-10-12-28-51(49)66(58)52-29-13-15-31-54(52)67(55-32-16-14-30-53(55)66)56-33-17-20-37-60(56)70-61-38-21-18-34-57(61)67/h7-43,46,64H,5-6H2,1-4H3. The van der Waals surface area contributed by atoms with E-state index in [9.17, 15) is 0 Å². The van der Waals surface area contributed by atoms with Gasteiger partial charge in [0.2, 0.25) is 0 Å². The van der Waals surface area contributed by atoms with E-state index in [4.69, 9.17) is 4.99 Å². The minimum absolute atomic E-state index is 0.0339. The van der Waals surface area contributed by atoms with Crippen LogP contribution < -0.4 is 0 Å². The van der Waals surface area contributed by atoms with Crippen molar-refractivity contribution in [3.05, 3.63) is 274 Å². The van der Waals surface area contributed by atoms with Crippen molar-refractivity contribution in [1.29, 1.82) is 0 Å². The van der Waals surface area contributed by atoms with Crippen molar-refractivity contribution >= 4 is 49.0 Å². The molecule has 0 radical (unpaired) electrons. The van der Waals surface area contributed by atoms with E-state index in [1.165, 1.54) is 108 Å². The first-order chi connectivity index (χ1) is 34.5. The van der Waals surface area contributed by atoms with E-state index in [2.05, 4.69) is 240 Å². The second kappa shape index (κ2) is 17.0. The van der Waals surface area contributed by atoms with Crippen molar-refractivity contribution in [1.82, 2.24) is 0 Å². The van der Waals surface area contributed by atoms with E-state index in [0.29, 0.717) is 5.92 Å². The van der Waals surface area contributed by atoms with Crippen molar-refractivity contribution in [3.8, 4) is 11.1 Å². The van der Waals surface area contributed by atoms with Crippen LogP contribution in [0.25, 0.3) is 31.3 Å². The Bertz CT molecular complexity index is 3590. The molecule has 0 amide bonds. The first kappa shape index (κ1) is 43.3. The normalized spacial score (nSPS) is 16.4. The van der Waals surface area contributed by atoms with E-state index < -0.39 is 10.8 Å². The topological polar surface area (TPSA) is 12.4 Å². The molecule has 2 aliphatic carbocycles. The van der Waals surface area contributed by atoms with Gasteiger partial charge in [-0.15, -0.1) is 11.3 Å². The Morgan fingerprint density at radius 2 is 0.986 bits per heavy atom. The summed E-state index contributed by atoms with van der Waals surface area (Å²) < 4.78 is 2.67. The van der Waals surface area contributed by atoms with Crippen LogP contribution in [0.5, 0.6) is 0 Å². The zero-order valence-corrected chi connectivity index (χ0v) is 41.8. The Labute approximate surface area is 421 Å². The first-order valence-corrected chi connectivity index (χ1v) is 27.0. The van der Waals surface area contributed by atoms with Crippen LogP contribution in [0.1, 0.15) is 114 Å². The van der Waals surface area contributed by atoms with Gasteiger partial charge in [-0.05, 0) is 109 Å². The van der Waals surface area contributed by atoms with Gasteiger partial charge in [0, 0.05) is 47.2 Å². The van der Waals surface area contributed by atoms with Crippen molar-refractivity contribution in [2.24, 2.45) is 16.8 Å². The molecule has 4 atom stereocenters. The fraction of sp³-hybridized carbons (Fsp3) is 0.179. The van der Waals surface area contributed by atoms with E-state index in [1.807, 2.05) is 23.1 Å². The first-order valence-electron chi connectivity index (χ1n) is 25.3. The van der Waals surface area contributed by atoms with Gasteiger partial charge in [0.25, 0.3) is 0 Å². The number of fused-ring (bicyclic) bond motifs is 18. The molecule has 2 spiro atoms. The van der Waals surface area contributed by atoms with Gasteiger partial charge in [-0.3, -0.25) is 4.99 Å². The number of rotatable bonds is 9. The van der Waals surface area contributed by atoms with Gasteiger partial charge in [0.15, 0.2) is 0 Å². The van der Waals surface area contributed by atoms with Crippen molar-refractivity contribution in [2.75, 3.05) is 0 Å². The molecule has 0 saturated heterocycles. The largest absolute Gasteiger partial charge is 0.280 e. The molecule has 1 aromatic heterocycles. The summed E-state index contributed by atoms with van der Waals surface area (Å²) in [5.74, 6) is 0.697. The third-order valence-electron chi connectivity index (χ3n) is 16.5. The van der Waals surface area contributed by atoms with E-state index in [-0.39, 0.29) is 17.9 Å². The van der Waals surface area contributed by atoms with Crippen molar-refractivity contribution in [3.63, 3.8) is 0 Å². The lowest BCUT2D eigenvalue weighted by atomic mass is 9.51. The molecule has 340 valence electrons. The zero-order valence-electron chi connectivity index (χ0n) is 40.2. The second-order valence-corrected chi connectivity index (χ2v) is 22.0. The van der Waals surface area contributed by atoms with Gasteiger partial charge < -0.3 is 0 Å². The maximum absolute atomic E-state index is 6.28. The molecule has 0 saturated carbocycles. The van der Waals surface area contributed by atoms with Gasteiger partial charge in [-0.2, -0.15) is 0 Å². The number of aliphatic imine (C=N–C) groups is 1. The van der Waals surface area contributed by atoms with Gasteiger partial charge in [0.1, 0.15) is 0 Å². The molecule has 0 fully saturated rings. The highest BCUT2D eigenvalue weighted by Crippen LogP contribution is 2.67. The molecule has 4 unspecified atom stereocenters. The van der Waals surface area contributed by atoms with Crippen LogP contribution in [0, 0.1) is 11.8 Å². The number of hydrogen-bond acceptors (Lipinski definition) is 3. The summed E-state index contributed by atoms with van der Waals surface area (Å²) >= 11 is 3.81. The molecule has 1 aliphatic heterocycles. The lowest BCUT2D eigenvalue weighted by Crippen LogP contribution is -2.45. The van der Waals surface area contributed by atoms with Gasteiger partial charge in [0.05, 0.1) is 16.9 Å². The van der Waals surface area contributed by atoms with Crippen LogP contribution >= 0.6 is 23.1 Å². The Morgan fingerprint density at radius 1 is 0.457 bits per heavy atom. The molecule has 3 heteroatoms. The summed E-state index contributed by atoms with van der Waals surface area (Å²) in [4.78, 5) is 8.91. The van der Waals surface area contributed by atoms with Gasteiger partial charge >= 0.3 is 0 Å². The molecule has 1 nitrogen and oxygen atoms in total. The Morgan fingerprint density at radius 3 is 1.63 bits per heavy atom. The smallest absolute Gasteiger partial charge is 0.0778 e.